The molecule has 1 aromatic carbocycles. The van der Waals surface area contributed by atoms with Gasteiger partial charge in [0.1, 0.15) is 0 Å². The Morgan fingerprint density at radius 1 is 1.06 bits per heavy atom. The van der Waals surface area contributed by atoms with Crippen LogP contribution in [0.15, 0.2) is 37.0 Å². The molecule has 1 heterocycles. The third kappa shape index (κ3) is 3.28. The maximum Gasteiger partial charge on any atom is 0.0929 e. The van der Waals surface area contributed by atoms with E-state index in [4.69, 9.17) is 23.2 Å². The van der Waals surface area contributed by atoms with E-state index in [0.29, 0.717) is 5.02 Å². The fraction of sp³-hybridized carbons (Fsp3) is 0.0909. The summed E-state index contributed by atoms with van der Waals surface area (Å²) in [5, 5.41) is 0.482. The minimum Gasteiger partial charge on any atom is -0.130 e. The zero-order valence-electron chi connectivity index (χ0n) is 8.18. The molecule has 2 rings (SSSR count). The van der Waals surface area contributed by atoms with Crippen molar-refractivity contribution < 1.29 is 0 Å². The highest BCUT2D eigenvalue weighted by molar-refractivity contribution is 9.13. The first-order valence-corrected chi connectivity index (χ1v) is 8.54. The predicted molar refractivity (Wildman–Crippen MR) is 86.6 cm³/mol. The zero-order chi connectivity index (χ0) is 12.6. The van der Waals surface area contributed by atoms with Crippen LogP contribution in [0.25, 0.3) is 0 Å². The van der Waals surface area contributed by atoms with Gasteiger partial charge < -0.3 is 0 Å². The van der Waals surface area contributed by atoms with Crippen LogP contribution in [-0.4, -0.2) is 0 Å². The zero-order valence-corrected chi connectivity index (χ0v) is 15.3. The Morgan fingerprint density at radius 2 is 1.76 bits per heavy atom. The fourth-order valence-corrected chi connectivity index (χ4v) is 4.19. The van der Waals surface area contributed by atoms with Crippen LogP contribution in [0.2, 0.25) is 5.02 Å². The minimum atomic E-state index is -0.187. The van der Waals surface area contributed by atoms with Gasteiger partial charge in [0.25, 0.3) is 0 Å². The van der Waals surface area contributed by atoms with Crippen molar-refractivity contribution in [2.45, 2.75) is 5.38 Å². The Kier molecular flexibility index (Phi) is 5.01. The molecule has 0 fully saturated rings. The molecule has 0 aliphatic rings. The predicted octanol–water partition coefficient (Wildman–Crippen LogP) is 7.02. The SMILES string of the molecule is Clc1cc(C(Cl)c2cc(Br)c(Br)s2)ccc1Br. The lowest BCUT2D eigenvalue weighted by Crippen LogP contribution is -1.89. The van der Waals surface area contributed by atoms with E-state index >= 15 is 0 Å². The van der Waals surface area contributed by atoms with Crippen LogP contribution < -0.4 is 0 Å². The molecular weight excluding hydrogens is 475 g/mol. The van der Waals surface area contributed by atoms with Crippen molar-refractivity contribution >= 4 is 82.3 Å². The summed E-state index contributed by atoms with van der Waals surface area (Å²) >= 11 is 24.4. The Hall–Kier alpha value is 0.940. The molecule has 2 aromatic rings. The van der Waals surface area contributed by atoms with E-state index in [-0.39, 0.29) is 5.38 Å². The van der Waals surface area contributed by atoms with E-state index in [2.05, 4.69) is 47.8 Å². The van der Waals surface area contributed by atoms with Gasteiger partial charge in [0.2, 0.25) is 0 Å². The minimum absolute atomic E-state index is 0.187. The quantitative estimate of drug-likeness (QED) is 0.406. The summed E-state index contributed by atoms with van der Waals surface area (Å²) in [7, 11) is 0. The summed E-state index contributed by atoms with van der Waals surface area (Å²) in [5.41, 5.74) is 0.987. The van der Waals surface area contributed by atoms with Crippen LogP contribution in [0.3, 0.4) is 0 Å². The van der Waals surface area contributed by atoms with Crippen molar-refractivity contribution in [1.29, 1.82) is 0 Å². The number of thiophene rings is 1. The van der Waals surface area contributed by atoms with Crippen molar-refractivity contribution in [3.8, 4) is 0 Å². The largest absolute Gasteiger partial charge is 0.130 e. The summed E-state index contributed by atoms with van der Waals surface area (Å²) in [6, 6.07) is 7.77. The van der Waals surface area contributed by atoms with Crippen LogP contribution >= 0.6 is 82.3 Å². The number of halogens is 5. The van der Waals surface area contributed by atoms with Crippen LogP contribution in [0.1, 0.15) is 15.8 Å². The first-order chi connectivity index (χ1) is 7.99. The van der Waals surface area contributed by atoms with Gasteiger partial charge in [-0.15, -0.1) is 22.9 Å². The second-order valence-electron chi connectivity index (χ2n) is 3.31. The number of hydrogen-bond acceptors (Lipinski definition) is 1. The molecule has 90 valence electrons. The molecular formula is C11H5Br3Cl2S. The number of benzene rings is 1. The van der Waals surface area contributed by atoms with Crippen molar-refractivity contribution in [3.63, 3.8) is 0 Å². The molecule has 0 N–H and O–H groups in total. The van der Waals surface area contributed by atoms with Crippen LogP contribution in [0, 0.1) is 0 Å². The third-order valence-corrected chi connectivity index (χ3v) is 7.32. The van der Waals surface area contributed by atoms with Gasteiger partial charge in [-0.05, 0) is 71.6 Å². The molecule has 0 bridgehead atoms. The smallest absolute Gasteiger partial charge is 0.0929 e. The number of hydrogen-bond donors (Lipinski definition) is 0. The lowest BCUT2D eigenvalue weighted by atomic mass is 10.1. The summed E-state index contributed by atoms with van der Waals surface area (Å²) in [6.07, 6.45) is 0. The number of alkyl halides is 1. The standard InChI is InChI=1S/C11H5Br3Cl2S/c12-6-2-1-5(3-8(6)15)10(16)9-4-7(13)11(14)17-9/h1-4,10H. The third-order valence-electron chi connectivity index (χ3n) is 2.15. The molecule has 0 aliphatic heterocycles. The lowest BCUT2D eigenvalue weighted by molar-refractivity contribution is 1.18. The van der Waals surface area contributed by atoms with E-state index in [9.17, 15) is 0 Å². The van der Waals surface area contributed by atoms with Crippen LogP contribution in [-0.2, 0) is 0 Å². The summed E-state index contributed by atoms with van der Waals surface area (Å²) in [6.45, 7) is 0. The van der Waals surface area contributed by atoms with Crippen LogP contribution in [0.5, 0.6) is 0 Å². The van der Waals surface area contributed by atoms with E-state index in [0.717, 1.165) is 23.2 Å². The average Bonchev–Trinajstić information content (AvgIpc) is 2.62. The van der Waals surface area contributed by atoms with Gasteiger partial charge in [-0.3, -0.25) is 0 Å². The second kappa shape index (κ2) is 5.93. The molecule has 0 amide bonds. The summed E-state index contributed by atoms with van der Waals surface area (Å²) in [4.78, 5) is 1.07. The molecule has 1 unspecified atom stereocenters. The van der Waals surface area contributed by atoms with E-state index < -0.39 is 0 Å². The molecule has 0 nitrogen and oxygen atoms in total. The Labute approximate surface area is 139 Å². The summed E-state index contributed by atoms with van der Waals surface area (Å²) < 4.78 is 2.94. The van der Waals surface area contributed by atoms with Gasteiger partial charge >= 0.3 is 0 Å². The van der Waals surface area contributed by atoms with E-state index in [1.165, 1.54) is 0 Å². The maximum atomic E-state index is 6.44. The second-order valence-corrected chi connectivity index (χ2v) is 8.26. The van der Waals surface area contributed by atoms with Crippen molar-refractivity contribution in [1.82, 2.24) is 0 Å². The molecule has 0 saturated carbocycles. The molecule has 0 aliphatic carbocycles. The van der Waals surface area contributed by atoms with Gasteiger partial charge in [-0.2, -0.15) is 0 Å². The van der Waals surface area contributed by atoms with Gasteiger partial charge in [0, 0.05) is 13.8 Å². The summed E-state index contributed by atoms with van der Waals surface area (Å²) in [5.74, 6) is 0. The van der Waals surface area contributed by atoms with E-state index in [1.807, 2.05) is 24.3 Å². The first-order valence-electron chi connectivity index (χ1n) is 4.53. The molecule has 0 saturated heterocycles. The van der Waals surface area contributed by atoms with Crippen molar-refractivity contribution in [2.24, 2.45) is 0 Å². The highest BCUT2D eigenvalue weighted by Gasteiger charge is 2.16. The average molecular weight is 480 g/mol. The van der Waals surface area contributed by atoms with Gasteiger partial charge in [-0.1, -0.05) is 17.7 Å². The highest BCUT2D eigenvalue weighted by atomic mass is 79.9. The van der Waals surface area contributed by atoms with Crippen molar-refractivity contribution in [2.75, 3.05) is 0 Å². The van der Waals surface area contributed by atoms with Gasteiger partial charge in [0.05, 0.1) is 14.2 Å². The highest BCUT2D eigenvalue weighted by Crippen LogP contribution is 2.41. The fourth-order valence-electron chi connectivity index (χ4n) is 1.32. The number of rotatable bonds is 2. The van der Waals surface area contributed by atoms with Gasteiger partial charge in [-0.25, -0.2) is 0 Å². The molecule has 17 heavy (non-hydrogen) atoms. The molecule has 0 spiro atoms. The topological polar surface area (TPSA) is 0 Å². The van der Waals surface area contributed by atoms with Crippen molar-refractivity contribution in [3.05, 3.63) is 52.5 Å². The van der Waals surface area contributed by atoms with E-state index in [1.54, 1.807) is 11.3 Å². The normalized spacial score (nSPS) is 12.8. The Balaban J connectivity index is 2.36. The molecule has 1 atom stereocenters. The Bertz CT molecular complexity index is 534. The molecule has 0 radical (unpaired) electrons. The monoisotopic (exact) mass is 476 g/mol. The van der Waals surface area contributed by atoms with Gasteiger partial charge in [0.15, 0.2) is 0 Å². The Morgan fingerprint density at radius 3 is 2.29 bits per heavy atom. The lowest BCUT2D eigenvalue weighted by Gasteiger charge is -2.08. The molecule has 6 heteroatoms. The van der Waals surface area contributed by atoms with Crippen LogP contribution in [0.4, 0.5) is 0 Å². The maximum absolute atomic E-state index is 6.44. The first kappa shape index (κ1) is 14.4. The molecule has 1 aromatic heterocycles.